The Morgan fingerprint density at radius 1 is 0.897 bits per heavy atom. The summed E-state index contributed by atoms with van der Waals surface area (Å²) in [5, 5.41) is 13.8. The molecule has 0 saturated heterocycles. The number of carbonyl (C=O) groups excluding carboxylic acids is 1. The van der Waals surface area contributed by atoms with E-state index in [4.69, 9.17) is 0 Å². The van der Waals surface area contributed by atoms with Crippen molar-refractivity contribution in [3.05, 3.63) is 89.5 Å². The Hall–Kier alpha value is -3.73. The maximum Gasteiger partial charge on any atom is 0.326 e. The van der Waals surface area contributed by atoms with Crippen LogP contribution in [0.1, 0.15) is 21.5 Å². The van der Waals surface area contributed by atoms with Crippen LogP contribution in [0.15, 0.2) is 72.8 Å². The summed E-state index contributed by atoms with van der Waals surface area (Å²) in [5.74, 6) is -1.49. The Bertz CT molecular complexity index is 1160. The number of aryl methyl sites for hydroxylation is 1. The molecule has 0 bridgehead atoms. The third-order valence-corrected chi connectivity index (χ3v) is 4.98. The number of aromatic nitrogens is 1. The molecule has 0 fully saturated rings. The minimum atomic E-state index is -1.07. The SMILES string of the molecule is Cc1ccc(C[C@H](NC(=O)c2c3ccccc3nc3ccccc23)C(=O)O)cc1. The number of amides is 1. The van der Waals surface area contributed by atoms with Gasteiger partial charge in [0.05, 0.1) is 16.6 Å². The minimum Gasteiger partial charge on any atom is -0.480 e. The summed E-state index contributed by atoms with van der Waals surface area (Å²) < 4.78 is 0. The topological polar surface area (TPSA) is 79.3 Å². The van der Waals surface area contributed by atoms with Crippen LogP contribution in [0, 0.1) is 6.92 Å². The van der Waals surface area contributed by atoms with Gasteiger partial charge in [-0.3, -0.25) is 4.79 Å². The molecule has 1 heterocycles. The molecule has 29 heavy (non-hydrogen) atoms. The summed E-state index contributed by atoms with van der Waals surface area (Å²) in [5.41, 5.74) is 3.79. The first kappa shape index (κ1) is 18.6. The molecule has 1 amide bonds. The maximum atomic E-state index is 13.2. The van der Waals surface area contributed by atoms with Crippen molar-refractivity contribution in [1.29, 1.82) is 0 Å². The normalized spacial score (nSPS) is 12.0. The van der Waals surface area contributed by atoms with Crippen molar-refractivity contribution in [2.75, 3.05) is 0 Å². The second kappa shape index (κ2) is 7.72. The molecule has 5 heteroatoms. The van der Waals surface area contributed by atoms with Crippen molar-refractivity contribution in [1.82, 2.24) is 10.3 Å². The predicted molar refractivity (Wildman–Crippen MR) is 113 cm³/mol. The zero-order valence-electron chi connectivity index (χ0n) is 15.9. The molecule has 4 aromatic rings. The molecule has 3 aromatic carbocycles. The average molecular weight is 384 g/mol. The van der Waals surface area contributed by atoms with Crippen molar-refractivity contribution >= 4 is 33.7 Å². The van der Waals surface area contributed by atoms with Crippen LogP contribution in [-0.2, 0) is 11.2 Å². The summed E-state index contributed by atoms with van der Waals surface area (Å²) in [6.07, 6.45) is 0.211. The number of carbonyl (C=O) groups is 2. The molecule has 0 saturated carbocycles. The lowest BCUT2D eigenvalue weighted by Crippen LogP contribution is -2.42. The molecule has 0 aliphatic carbocycles. The van der Waals surface area contributed by atoms with E-state index in [2.05, 4.69) is 10.3 Å². The van der Waals surface area contributed by atoms with Crippen LogP contribution in [0.25, 0.3) is 21.8 Å². The van der Waals surface area contributed by atoms with Crippen molar-refractivity contribution in [3.8, 4) is 0 Å². The number of para-hydroxylation sites is 2. The number of hydrogen-bond acceptors (Lipinski definition) is 3. The van der Waals surface area contributed by atoms with Gasteiger partial charge in [-0.15, -0.1) is 0 Å². The van der Waals surface area contributed by atoms with Crippen LogP contribution >= 0.6 is 0 Å². The molecule has 0 aliphatic rings. The summed E-state index contributed by atoms with van der Waals surface area (Å²) in [6, 6.07) is 21.4. The van der Waals surface area contributed by atoms with Crippen molar-refractivity contribution in [3.63, 3.8) is 0 Å². The molecule has 1 atom stereocenters. The highest BCUT2D eigenvalue weighted by molar-refractivity contribution is 6.16. The Morgan fingerprint density at radius 2 is 1.45 bits per heavy atom. The summed E-state index contributed by atoms with van der Waals surface area (Å²) in [4.78, 5) is 29.7. The molecule has 4 rings (SSSR count). The van der Waals surface area contributed by atoms with Crippen LogP contribution in [0.2, 0.25) is 0 Å². The lowest BCUT2D eigenvalue weighted by atomic mass is 10.0. The van der Waals surface area contributed by atoms with Gasteiger partial charge in [-0.05, 0) is 24.6 Å². The number of benzene rings is 3. The van der Waals surface area contributed by atoms with E-state index in [9.17, 15) is 14.7 Å². The molecular formula is C24H20N2O3. The molecule has 0 aliphatic heterocycles. The van der Waals surface area contributed by atoms with Gasteiger partial charge < -0.3 is 10.4 Å². The molecule has 0 spiro atoms. The number of rotatable bonds is 5. The Balaban J connectivity index is 1.73. The number of pyridine rings is 1. The number of nitrogens with zero attached hydrogens (tertiary/aromatic N) is 1. The minimum absolute atomic E-state index is 0.211. The van der Waals surface area contributed by atoms with E-state index in [1.807, 2.05) is 79.7 Å². The third kappa shape index (κ3) is 3.80. The van der Waals surface area contributed by atoms with Crippen molar-refractivity contribution < 1.29 is 14.7 Å². The quantitative estimate of drug-likeness (QED) is 0.507. The van der Waals surface area contributed by atoms with E-state index in [-0.39, 0.29) is 6.42 Å². The molecule has 5 nitrogen and oxygen atoms in total. The fourth-order valence-electron chi connectivity index (χ4n) is 3.47. The Kier molecular flexibility index (Phi) is 4.96. The second-order valence-corrected chi connectivity index (χ2v) is 7.08. The zero-order valence-corrected chi connectivity index (χ0v) is 15.9. The predicted octanol–water partition coefficient (Wildman–Crippen LogP) is 4.12. The van der Waals surface area contributed by atoms with Crippen LogP contribution in [0.5, 0.6) is 0 Å². The molecule has 0 unspecified atom stereocenters. The van der Waals surface area contributed by atoms with E-state index in [1.54, 1.807) is 0 Å². The molecular weight excluding hydrogens is 364 g/mol. The Labute approximate surface area is 168 Å². The van der Waals surface area contributed by atoms with Crippen molar-refractivity contribution in [2.45, 2.75) is 19.4 Å². The highest BCUT2D eigenvalue weighted by Gasteiger charge is 2.23. The number of fused-ring (bicyclic) bond motifs is 2. The molecule has 144 valence electrons. The monoisotopic (exact) mass is 384 g/mol. The van der Waals surface area contributed by atoms with Gasteiger partial charge in [0.1, 0.15) is 6.04 Å². The van der Waals surface area contributed by atoms with Crippen LogP contribution in [0.3, 0.4) is 0 Å². The number of carboxylic acids is 1. The largest absolute Gasteiger partial charge is 0.480 e. The summed E-state index contributed by atoms with van der Waals surface area (Å²) in [7, 11) is 0. The molecule has 1 aromatic heterocycles. The highest BCUT2D eigenvalue weighted by Crippen LogP contribution is 2.26. The van der Waals surface area contributed by atoms with Gasteiger partial charge in [0.2, 0.25) is 0 Å². The fourth-order valence-corrected chi connectivity index (χ4v) is 3.47. The van der Waals surface area contributed by atoms with Crippen molar-refractivity contribution in [2.24, 2.45) is 0 Å². The fraction of sp³-hybridized carbons (Fsp3) is 0.125. The van der Waals surface area contributed by atoms with E-state index < -0.39 is 17.9 Å². The van der Waals surface area contributed by atoms with E-state index in [0.29, 0.717) is 27.4 Å². The van der Waals surface area contributed by atoms with E-state index in [1.165, 1.54) is 0 Å². The number of nitrogens with one attached hydrogen (secondary N) is 1. The van der Waals surface area contributed by atoms with Gasteiger partial charge in [-0.1, -0.05) is 66.2 Å². The smallest absolute Gasteiger partial charge is 0.326 e. The molecule has 2 N–H and O–H groups in total. The van der Waals surface area contributed by atoms with Crippen LogP contribution in [-0.4, -0.2) is 28.0 Å². The first-order valence-electron chi connectivity index (χ1n) is 9.39. The van der Waals surface area contributed by atoms with Gasteiger partial charge in [0.25, 0.3) is 5.91 Å². The first-order valence-corrected chi connectivity index (χ1v) is 9.39. The maximum absolute atomic E-state index is 13.2. The van der Waals surface area contributed by atoms with E-state index >= 15 is 0 Å². The lowest BCUT2D eigenvalue weighted by molar-refractivity contribution is -0.139. The summed E-state index contributed by atoms with van der Waals surface area (Å²) in [6.45, 7) is 1.97. The zero-order chi connectivity index (χ0) is 20.4. The Morgan fingerprint density at radius 3 is 2.00 bits per heavy atom. The average Bonchev–Trinajstić information content (AvgIpc) is 2.72. The van der Waals surface area contributed by atoms with Gasteiger partial charge in [-0.2, -0.15) is 0 Å². The highest BCUT2D eigenvalue weighted by atomic mass is 16.4. The number of carboxylic acid groups (broad SMARTS) is 1. The number of aliphatic carboxylic acids is 1. The van der Waals surface area contributed by atoms with Gasteiger partial charge in [-0.25, -0.2) is 9.78 Å². The molecule has 0 radical (unpaired) electrons. The third-order valence-electron chi connectivity index (χ3n) is 4.98. The second-order valence-electron chi connectivity index (χ2n) is 7.08. The van der Waals surface area contributed by atoms with E-state index in [0.717, 1.165) is 11.1 Å². The van der Waals surface area contributed by atoms with Crippen LogP contribution in [0.4, 0.5) is 0 Å². The first-order chi connectivity index (χ1) is 14.0. The standard InChI is InChI=1S/C24H20N2O3/c1-15-10-12-16(13-11-15)14-21(24(28)29)26-23(27)22-17-6-2-4-8-19(17)25-20-9-5-3-7-18(20)22/h2-13,21H,14H2,1H3,(H,26,27)(H,28,29)/t21-/m0/s1. The van der Waals surface area contributed by atoms with Gasteiger partial charge in [0.15, 0.2) is 0 Å². The lowest BCUT2D eigenvalue weighted by Gasteiger charge is -2.17. The number of hydrogen-bond donors (Lipinski definition) is 2. The summed E-state index contributed by atoms with van der Waals surface area (Å²) >= 11 is 0. The van der Waals surface area contributed by atoms with Crippen LogP contribution < -0.4 is 5.32 Å². The van der Waals surface area contributed by atoms with Gasteiger partial charge in [0, 0.05) is 17.2 Å². The van der Waals surface area contributed by atoms with Gasteiger partial charge >= 0.3 is 5.97 Å².